The molecule has 1 fully saturated rings. The zero-order valence-corrected chi connectivity index (χ0v) is 7.73. The van der Waals surface area contributed by atoms with E-state index in [1.807, 2.05) is 0 Å². The molecule has 1 rings (SSSR count). The molecule has 1 aliphatic heterocycles. The Labute approximate surface area is 74.2 Å². The smallest absolute Gasteiger partial charge is 0.0871 e. The van der Waals surface area contributed by atoms with Crippen LogP contribution in [-0.4, -0.2) is 32.3 Å². The summed E-state index contributed by atoms with van der Waals surface area (Å²) >= 11 is 0. The molecule has 0 bridgehead atoms. The third-order valence-corrected chi connectivity index (χ3v) is 2.01. The first-order valence-electron chi connectivity index (χ1n) is 4.57. The molecule has 0 saturated carbocycles. The van der Waals surface area contributed by atoms with Crippen molar-refractivity contribution < 1.29 is 4.74 Å². The van der Waals surface area contributed by atoms with E-state index >= 15 is 0 Å². The van der Waals surface area contributed by atoms with Gasteiger partial charge in [-0.1, -0.05) is 13.5 Å². The van der Waals surface area contributed by atoms with Crippen LogP contribution in [0.1, 0.15) is 13.3 Å². The van der Waals surface area contributed by atoms with Crippen molar-refractivity contribution in [2.75, 3.05) is 26.2 Å². The summed E-state index contributed by atoms with van der Waals surface area (Å²) in [5.74, 6) is 0. The lowest BCUT2D eigenvalue weighted by atomic mass is 10.3. The Balaban J connectivity index is 2.09. The molecule has 0 aromatic carbocycles. The van der Waals surface area contributed by atoms with Crippen LogP contribution in [0.5, 0.6) is 0 Å². The Morgan fingerprint density at radius 3 is 3.17 bits per heavy atom. The summed E-state index contributed by atoms with van der Waals surface area (Å²) in [6.45, 7) is 9.59. The highest BCUT2D eigenvalue weighted by Crippen LogP contribution is 1.96. The average molecular weight is 170 g/mol. The van der Waals surface area contributed by atoms with Crippen LogP contribution in [0.4, 0.5) is 0 Å². The minimum Gasteiger partial charge on any atom is -0.386 e. The van der Waals surface area contributed by atoms with Crippen molar-refractivity contribution in [1.82, 2.24) is 10.6 Å². The predicted octanol–water partition coefficient (Wildman–Crippen LogP) is 0.488. The van der Waals surface area contributed by atoms with Crippen LogP contribution in [0.2, 0.25) is 0 Å². The van der Waals surface area contributed by atoms with Gasteiger partial charge in [-0.25, -0.2) is 0 Å². The van der Waals surface area contributed by atoms with E-state index in [0.717, 1.165) is 38.4 Å². The van der Waals surface area contributed by atoms with E-state index < -0.39 is 0 Å². The highest BCUT2D eigenvalue weighted by molar-refractivity contribution is 4.90. The zero-order chi connectivity index (χ0) is 8.81. The molecule has 3 nitrogen and oxygen atoms in total. The molecule has 0 amide bonds. The monoisotopic (exact) mass is 170 g/mol. The number of ether oxygens (including phenoxy) is 1. The van der Waals surface area contributed by atoms with Crippen LogP contribution in [0.25, 0.3) is 0 Å². The molecule has 3 heteroatoms. The molecule has 1 saturated heterocycles. The summed E-state index contributed by atoms with van der Waals surface area (Å²) in [4.78, 5) is 0. The van der Waals surface area contributed by atoms with Gasteiger partial charge >= 0.3 is 0 Å². The van der Waals surface area contributed by atoms with E-state index in [2.05, 4.69) is 24.1 Å². The summed E-state index contributed by atoms with van der Waals surface area (Å²) in [5, 5.41) is 6.52. The maximum atomic E-state index is 5.51. The number of rotatable bonds is 4. The predicted molar refractivity (Wildman–Crippen MR) is 50.0 cm³/mol. The molecule has 2 N–H and O–H groups in total. The Morgan fingerprint density at radius 2 is 2.58 bits per heavy atom. The summed E-state index contributed by atoms with van der Waals surface area (Å²) in [6, 6.07) is 0. The molecular formula is C9H18N2O. The van der Waals surface area contributed by atoms with E-state index in [1.165, 1.54) is 0 Å². The Morgan fingerprint density at radius 1 is 1.75 bits per heavy atom. The van der Waals surface area contributed by atoms with Crippen molar-refractivity contribution >= 4 is 0 Å². The molecule has 1 unspecified atom stereocenters. The third-order valence-electron chi connectivity index (χ3n) is 2.01. The first kappa shape index (κ1) is 9.55. The first-order chi connectivity index (χ1) is 5.83. The summed E-state index contributed by atoms with van der Waals surface area (Å²) < 4.78 is 5.51. The summed E-state index contributed by atoms with van der Waals surface area (Å²) in [6.07, 6.45) is 1.29. The van der Waals surface area contributed by atoms with E-state index in [9.17, 15) is 0 Å². The summed E-state index contributed by atoms with van der Waals surface area (Å²) in [7, 11) is 0. The Bertz CT molecular complexity index is 141. The van der Waals surface area contributed by atoms with Crippen LogP contribution < -0.4 is 10.6 Å². The number of nitrogens with one attached hydrogen (secondary N) is 2. The highest BCUT2D eigenvalue weighted by Gasteiger charge is 2.12. The van der Waals surface area contributed by atoms with Gasteiger partial charge in [-0.15, -0.1) is 0 Å². The van der Waals surface area contributed by atoms with Crippen molar-refractivity contribution in [3.8, 4) is 0 Å². The lowest BCUT2D eigenvalue weighted by Gasteiger charge is -2.24. The zero-order valence-electron chi connectivity index (χ0n) is 7.73. The van der Waals surface area contributed by atoms with Gasteiger partial charge in [0.2, 0.25) is 0 Å². The first-order valence-corrected chi connectivity index (χ1v) is 4.57. The molecule has 1 aliphatic rings. The average Bonchev–Trinajstić information content (AvgIpc) is 2.16. The van der Waals surface area contributed by atoms with Crippen molar-refractivity contribution in [2.24, 2.45) is 0 Å². The van der Waals surface area contributed by atoms with E-state index in [1.54, 1.807) is 0 Å². The SMILES string of the molecule is C=C(CC)NCC1CNCCO1. The normalized spacial score (nSPS) is 23.6. The Kier molecular flexibility index (Phi) is 4.11. The van der Waals surface area contributed by atoms with Crippen molar-refractivity contribution in [2.45, 2.75) is 19.4 Å². The minimum atomic E-state index is 0.307. The topological polar surface area (TPSA) is 33.3 Å². The van der Waals surface area contributed by atoms with Gasteiger partial charge in [0.05, 0.1) is 12.7 Å². The standard InChI is InChI=1S/C9H18N2O/c1-3-8(2)11-7-9-6-10-4-5-12-9/h9-11H,2-7H2,1H3. The van der Waals surface area contributed by atoms with Gasteiger partial charge in [0.15, 0.2) is 0 Å². The second-order valence-corrected chi connectivity index (χ2v) is 3.03. The fraction of sp³-hybridized carbons (Fsp3) is 0.778. The lowest BCUT2D eigenvalue weighted by Crippen LogP contribution is -2.43. The number of hydrogen-bond acceptors (Lipinski definition) is 3. The van der Waals surface area contributed by atoms with Crippen molar-refractivity contribution in [1.29, 1.82) is 0 Å². The van der Waals surface area contributed by atoms with Gasteiger partial charge < -0.3 is 15.4 Å². The second kappa shape index (κ2) is 5.17. The molecule has 0 aromatic heterocycles. The number of hydrogen-bond donors (Lipinski definition) is 2. The van der Waals surface area contributed by atoms with Crippen LogP contribution in [0.3, 0.4) is 0 Å². The number of morpholine rings is 1. The van der Waals surface area contributed by atoms with Gasteiger partial charge in [-0.2, -0.15) is 0 Å². The lowest BCUT2D eigenvalue weighted by molar-refractivity contribution is 0.0306. The van der Waals surface area contributed by atoms with Gasteiger partial charge in [-0.3, -0.25) is 0 Å². The van der Waals surface area contributed by atoms with Crippen LogP contribution in [0.15, 0.2) is 12.3 Å². The molecule has 0 aromatic rings. The molecule has 0 radical (unpaired) electrons. The van der Waals surface area contributed by atoms with Crippen LogP contribution in [0, 0.1) is 0 Å². The fourth-order valence-electron chi connectivity index (χ4n) is 1.13. The fourth-order valence-corrected chi connectivity index (χ4v) is 1.13. The van der Waals surface area contributed by atoms with Crippen molar-refractivity contribution in [3.05, 3.63) is 12.3 Å². The van der Waals surface area contributed by atoms with Gasteiger partial charge in [-0.05, 0) is 6.42 Å². The van der Waals surface area contributed by atoms with E-state index in [-0.39, 0.29) is 0 Å². The maximum Gasteiger partial charge on any atom is 0.0871 e. The van der Waals surface area contributed by atoms with Crippen LogP contribution >= 0.6 is 0 Å². The molecule has 0 aliphatic carbocycles. The van der Waals surface area contributed by atoms with Gasteiger partial charge in [0.25, 0.3) is 0 Å². The highest BCUT2D eigenvalue weighted by atomic mass is 16.5. The van der Waals surface area contributed by atoms with Crippen LogP contribution in [-0.2, 0) is 4.74 Å². The quantitative estimate of drug-likeness (QED) is 0.644. The molecule has 70 valence electrons. The largest absolute Gasteiger partial charge is 0.386 e. The van der Waals surface area contributed by atoms with Crippen molar-refractivity contribution in [3.63, 3.8) is 0 Å². The molecule has 12 heavy (non-hydrogen) atoms. The molecule has 0 spiro atoms. The minimum absolute atomic E-state index is 0.307. The molecule has 1 heterocycles. The van der Waals surface area contributed by atoms with Gasteiger partial charge in [0, 0.05) is 25.3 Å². The third kappa shape index (κ3) is 3.24. The van der Waals surface area contributed by atoms with Gasteiger partial charge in [0.1, 0.15) is 0 Å². The van der Waals surface area contributed by atoms with E-state index in [0.29, 0.717) is 6.10 Å². The molecule has 1 atom stereocenters. The van der Waals surface area contributed by atoms with E-state index in [4.69, 9.17) is 4.74 Å². The summed E-state index contributed by atoms with van der Waals surface area (Å²) in [5.41, 5.74) is 1.09. The maximum absolute atomic E-state index is 5.51. The number of allylic oxidation sites excluding steroid dienone is 1. The molecular weight excluding hydrogens is 152 g/mol. The second-order valence-electron chi connectivity index (χ2n) is 3.03. The Hall–Kier alpha value is -0.540.